The fourth-order valence-electron chi connectivity index (χ4n) is 1.69. The summed E-state index contributed by atoms with van der Waals surface area (Å²) in [6, 6.07) is 9.53. The van der Waals surface area contributed by atoms with Crippen molar-refractivity contribution in [3.63, 3.8) is 0 Å². The van der Waals surface area contributed by atoms with E-state index in [9.17, 15) is 0 Å². The second-order valence-corrected chi connectivity index (χ2v) is 5.53. The van der Waals surface area contributed by atoms with Gasteiger partial charge in [0.1, 0.15) is 0 Å². The van der Waals surface area contributed by atoms with Crippen LogP contribution in [0.15, 0.2) is 40.6 Å². The molecule has 0 amide bonds. The van der Waals surface area contributed by atoms with Crippen molar-refractivity contribution in [1.29, 1.82) is 0 Å². The van der Waals surface area contributed by atoms with Crippen molar-refractivity contribution in [3.05, 3.63) is 36.0 Å². The molecule has 0 fully saturated rings. The molecule has 0 saturated carbocycles. The van der Waals surface area contributed by atoms with Crippen LogP contribution in [-0.4, -0.2) is 27.0 Å². The highest BCUT2D eigenvalue weighted by Crippen LogP contribution is 2.33. The zero-order chi connectivity index (χ0) is 15.2. The van der Waals surface area contributed by atoms with Gasteiger partial charge in [-0.25, -0.2) is 0 Å². The Bertz CT molecular complexity index is 652. The lowest BCUT2D eigenvalue weighted by molar-refractivity contribution is 0.321. The Hall–Kier alpha value is -1.73. The predicted molar refractivity (Wildman–Crippen MR) is 90.3 cm³/mol. The summed E-state index contributed by atoms with van der Waals surface area (Å²) in [6.07, 6.45) is 1.90. The number of aryl methyl sites for hydroxylation is 1. The van der Waals surface area contributed by atoms with Gasteiger partial charge < -0.3 is 4.74 Å². The van der Waals surface area contributed by atoms with Crippen LogP contribution < -0.4 is 4.74 Å². The third-order valence-corrected chi connectivity index (χ3v) is 3.83. The lowest BCUT2D eigenvalue weighted by Gasteiger charge is -2.06. The summed E-state index contributed by atoms with van der Waals surface area (Å²) in [5, 5.41) is 12.9. The average Bonchev–Trinajstić information content (AvgIpc) is 2.82. The highest BCUT2D eigenvalue weighted by Gasteiger charge is 2.19. The van der Waals surface area contributed by atoms with E-state index in [1.165, 1.54) is 11.8 Å². The largest absolute Gasteiger partial charge is 0.476 e. The first-order chi connectivity index (χ1) is 10.2. The molecular formula is C14H16N4OS2. The van der Waals surface area contributed by atoms with E-state index < -0.39 is 0 Å². The van der Waals surface area contributed by atoms with Gasteiger partial charge in [0.25, 0.3) is 0 Å². The number of thioether (sulfide) groups is 1. The first kappa shape index (κ1) is 15.7. The van der Waals surface area contributed by atoms with Crippen molar-refractivity contribution >= 4 is 39.7 Å². The zero-order valence-electron chi connectivity index (χ0n) is 12.1. The molecule has 0 aliphatic heterocycles. The van der Waals surface area contributed by atoms with Crippen LogP contribution in [0.25, 0.3) is 0 Å². The third-order valence-electron chi connectivity index (χ3n) is 2.64. The number of hydrogen-bond acceptors (Lipinski definition) is 6. The van der Waals surface area contributed by atoms with E-state index in [1.807, 2.05) is 50.4 Å². The topological polar surface area (TPSA) is 51.8 Å². The van der Waals surface area contributed by atoms with Gasteiger partial charge in [-0.3, -0.25) is 0 Å². The Morgan fingerprint density at radius 1 is 1.33 bits per heavy atom. The number of hydrogen-bond donors (Lipinski definition) is 0. The van der Waals surface area contributed by atoms with Gasteiger partial charge in [-0.15, -0.1) is 5.11 Å². The summed E-state index contributed by atoms with van der Waals surface area (Å²) in [7, 11) is 0. The predicted octanol–water partition coefficient (Wildman–Crippen LogP) is 4.50. The van der Waals surface area contributed by atoms with E-state index >= 15 is 0 Å². The van der Waals surface area contributed by atoms with Crippen molar-refractivity contribution in [2.75, 3.05) is 12.9 Å². The molecule has 0 aliphatic carbocycles. The molecule has 1 aromatic heterocycles. The molecule has 0 aliphatic rings. The van der Waals surface area contributed by atoms with Gasteiger partial charge in [0.05, 0.1) is 18.0 Å². The van der Waals surface area contributed by atoms with Crippen molar-refractivity contribution in [2.24, 2.45) is 10.2 Å². The molecule has 7 heteroatoms. The van der Waals surface area contributed by atoms with E-state index in [1.54, 1.807) is 4.68 Å². The van der Waals surface area contributed by atoms with Crippen LogP contribution in [-0.2, 0) is 0 Å². The molecule has 0 spiro atoms. The number of rotatable bonds is 4. The Morgan fingerprint density at radius 3 is 2.67 bits per heavy atom. The number of azo groups is 1. The maximum atomic E-state index is 5.65. The van der Waals surface area contributed by atoms with Crippen molar-refractivity contribution in [2.45, 2.75) is 13.8 Å². The maximum absolute atomic E-state index is 5.65. The van der Waals surface area contributed by atoms with Crippen LogP contribution in [0.2, 0.25) is 0 Å². The normalized spacial score (nSPS) is 11.0. The number of nitrogens with zero attached hydrogens (tertiary/aromatic N) is 4. The molecule has 0 radical (unpaired) electrons. The van der Waals surface area contributed by atoms with Crippen LogP contribution in [0.1, 0.15) is 12.6 Å². The fourth-order valence-corrected chi connectivity index (χ4v) is 2.11. The molecule has 0 bridgehead atoms. The molecule has 0 unspecified atom stereocenters. The van der Waals surface area contributed by atoms with Gasteiger partial charge in [0.2, 0.25) is 5.88 Å². The van der Waals surface area contributed by atoms with Crippen LogP contribution in [0, 0.1) is 6.92 Å². The minimum absolute atomic E-state index is 0.510. The van der Waals surface area contributed by atoms with Gasteiger partial charge in [0, 0.05) is 0 Å². The van der Waals surface area contributed by atoms with Crippen molar-refractivity contribution in [3.8, 4) is 5.88 Å². The molecule has 21 heavy (non-hydrogen) atoms. The van der Waals surface area contributed by atoms with Gasteiger partial charge in [-0.2, -0.15) is 14.9 Å². The molecule has 2 aromatic rings. The van der Waals surface area contributed by atoms with Crippen LogP contribution in [0.5, 0.6) is 5.88 Å². The summed E-state index contributed by atoms with van der Waals surface area (Å²) >= 11 is 6.72. The molecule has 110 valence electrons. The molecule has 1 aromatic carbocycles. The molecule has 0 saturated heterocycles. The summed E-state index contributed by atoms with van der Waals surface area (Å²) in [5.41, 5.74) is 2.12. The van der Waals surface area contributed by atoms with Gasteiger partial charge in [0.15, 0.2) is 10.0 Å². The van der Waals surface area contributed by atoms with Crippen LogP contribution in [0.4, 0.5) is 11.4 Å². The zero-order valence-corrected chi connectivity index (χ0v) is 13.7. The Labute approximate surface area is 133 Å². The lowest BCUT2D eigenvalue weighted by atomic mass is 10.3. The van der Waals surface area contributed by atoms with E-state index in [-0.39, 0.29) is 0 Å². The quantitative estimate of drug-likeness (QED) is 0.615. The van der Waals surface area contributed by atoms with E-state index in [4.69, 9.17) is 17.0 Å². The van der Waals surface area contributed by atoms with Gasteiger partial charge in [-0.1, -0.05) is 42.2 Å². The standard InChI is InChI=1S/C14H16N4OS2/c1-4-19-13-12(10(2)17-18(13)14(20)21-3)16-15-11-8-6-5-7-9-11/h5-9H,4H2,1-3H3. The molecule has 0 atom stereocenters. The fraction of sp³-hybridized carbons (Fsp3) is 0.286. The van der Waals surface area contributed by atoms with E-state index in [0.717, 1.165) is 11.4 Å². The lowest BCUT2D eigenvalue weighted by Crippen LogP contribution is -2.09. The smallest absolute Gasteiger partial charge is 0.246 e. The molecule has 1 heterocycles. The Kier molecular flexibility index (Phi) is 5.46. The second-order valence-electron chi connectivity index (χ2n) is 4.09. The minimum Gasteiger partial charge on any atom is -0.476 e. The van der Waals surface area contributed by atoms with Crippen molar-refractivity contribution < 1.29 is 4.74 Å². The SMILES string of the molecule is CCOc1c(N=Nc2ccccc2)c(C)nn1C(=S)SC. The highest BCUT2D eigenvalue weighted by molar-refractivity contribution is 8.22. The summed E-state index contributed by atoms with van der Waals surface area (Å²) in [4.78, 5) is 0. The molecule has 0 N–H and O–H groups in total. The van der Waals surface area contributed by atoms with Crippen LogP contribution in [0.3, 0.4) is 0 Å². The van der Waals surface area contributed by atoms with Crippen molar-refractivity contribution in [1.82, 2.24) is 9.78 Å². The van der Waals surface area contributed by atoms with E-state index in [0.29, 0.717) is 22.5 Å². The first-order valence-electron chi connectivity index (χ1n) is 6.45. The molecular weight excluding hydrogens is 304 g/mol. The maximum Gasteiger partial charge on any atom is 0.246 e. The summed E-state index contributed by atoms with van der Waals surface area (Å²) < 4.78 is 7.86. The average molecular weight is 320 g/mol. The van der Waals surface area contributed by atoms with E-state index in [2.05, 4.69) is 15.3 Å². The minimum atomic E-state index is 0.510. The third kappa shape index (κ3) is 3.68. The monoisotopic (exact) mass is 320 g/mol. The molecule has 5 nitrogen and oxygen atoms in total. The summed E-state index contributed by atoms with van der Waals surface area (Å²) in [5.74, 6) is 0.536. The number of ether oxygens (including phenoxy) is 1. The van der Waals surface area contributed by atoms with Crippen LogP contribution >= 0.6 is 24.0 Å². The number of thiocarbonyl (C=S) groups is 1. The highest BCUT2D eigenvalue weighted by atomic mass is 32.2. The Morgan fingerprint density at radius 2 is 2.05 bits per heavy atom. The molecule has 2 rings (SSSR count). The van der Waals surface area contributed by atoms with Gasteiger partial charge >= 0.3 is 0 Å². The summed E-state index contributed by atoms with van der Waals surface area (Å²) in [6.45, 7) is 4.28. The number of benzene rings is 1. The Balaban J connectivity index is 2.40. The first-order valence-corrected chi connectivity index (χ1v) is 8.08. The van der Waals surface area contributed by atoms with Gasteiger partial charge in [-0.05, 0) is 32.2 Å². The number of aromatic nitrogens is 2. The second kappa shape index (κ2) is 7.33.